The Hall–Kier alpha value is -3.23. The van der Waals surface area contributed by atoms with Gasteiger partial charge in [-0.25, -0.2) is 14.2 Å². The van der Waals surface area contributed by atoms with Crippen LogP contribution in [0.4, 0.5) is 20.6 Å². The second kappa shape index (κ2) is 6.11. The first-order valence-electron chi connectivity index (χ1n) is 7.29. The van der Waals surface area contributed by atoms with E-state index in [1.807, 2.05) is 6.92 Å². The third-order valence-corrected chi connectivity index (χ3v) is 3.38. The summed E-state index contributed by atoms with van der Waals surface area (Å²) < 4.78 is 14.3. The highest BCUT2D eigenvalue weighted by Gasteiger charge is 2.15. The number of anilines is 2. The zero-order valence-electron chi connectivity index (χ0n) is 13.1. The molecule has 0 spiro atoms. The summed E-state index contributed by atoms with van der Waals surface area (Å²) in [6, 6.07) is 4.77. The number of hydrogen-bond donors (Lipinski definition) is 3. The Kier molecular flexibility index (Phi) is 3.98. The van der Waals surface area contributed by atoms with Crippen LogP contribution in [0.3, 0.4) is 0 Å². The Balaban J connectivity index is 1.89. The first-order chi connectivity index (χ1) is 11.5. The summed E-state index contributed by atoms with van der Waals surface area (Å²) in [4.78, 5) is 32.9. The molecule has 24 heavy (non-hydrogen) atoms. The van der Waals surface area contributed by atoms with Crippen LogP contribution in [0.2, 0.25) is 0 Å². The summed E-state index contributed by atoms with van der Waals surface area (Å²) >= 11 is 0. The molecule has 9 heteroatoms. The van der Waals surface area contributed by atoms with Crippen LogP contribution in [0.5, 0.6) is 0 Å². The van der Waals surface area contributed by atoms with Crippen molar-refractivity contribution in [1.29, 1.82) is 0 Å². The number of halogens is 1. The number of H-pyrrole nitrogens is 1. The predicted molar refractivity (Wildman–Crippen MR) is 86.8 cm³/mol. The topological polar surface area (TPSA) is 104 Å². The molecule has 2 aromatic heterocycles. The molecule has 2 heterocycles. The lowest BCUT2D eigenvalue weighted by Gasteiger charge is -2.09. The van der Waals surface area contributed by atoms with Crippen molar-refractivity contribution in [1.82, 2.24) is 19.6 Å². The van der Waals surface area contributed by atoms with E-state index in [1.165, 1.54) is 28.8 Å². The molecule has 0 fully saturated rings. The van der Waals surface area contributed by atoms with Gasteiger partial charge in [0.1, 0.15) is 17.3 Å². The molecule has 124 valence electrons. The smallest absolute Gasteiger partial charge is 0.308 e. The van der Waals surface area contributed by atoms with Gasteiger partial charge in [-0.05, 0) is 25.1 Å². The average Bonchev–Trinajstić information content (AvgIpc) is 2.94. The van der Waals surface area contributed by atoms with E-state index in [0.717, 1.165) is 0 Å². The Morgan fingerprint density at radius 1 is 1.33 bits per heavy atom. The van der Waals surface area contributed by atoms with Crippen molar-refractivity contribution in [2.75, 3.05) is 10.6 Å². The van der Waals surface area contributed by atoms with Gasteiger partial charge in [-0.3, -0.25) is 9.89 Å². The fourth-order valence-electron chi connectivity index (χ4n) is 2.21. The minimum absolute atomic E-state index is 0.0210. The van der Waals surface area contributed by atoms with Gasteiger partial charge in [0.05, 0.1) is 5.69 Å². The van der Waals surface area contributed by atoms with Crippen LogP contribution in [0.25, 0.3) is 5.78 Å². The van der Waals surface area contributed by atoms with Crippen LogP contribution in [0, 0.1) is 12.7 Å². The molecule has 0 radical (unpaired) electrons. The molecule has 0 aliphatic carbocycles. The first-order valence-corrected chi connectivity index (χ1v) is 7.29. The number of amides is 2. The van der Waals surface area contributed by atoms with E-state index < -0.39 is 17.4 Å². The number of nitrogens with zero attached hydrogens (tertiary/aromatic N) is 3. The molecule has 0 atom stereocenters. The number of carbonyl (C=O) groups is 1. The quantitative estimate of drug-likeness (QED) is 0.684. The fraction of sp³-hybridized carbons (Fsp3) is 0.200. The summed E-state index contributed by atoms with van der Waals surface area (Å²) in [5.74, 6) is 0.377. The van der Waals surface area contributed by atoms with Crippen molar-refractivity contribution in [2.45, 2.75) is 20.3 Å². The Morgan fingerprint density at radius 2 is 2.12 bits per heavy atom. The van der Waals surface area contributed by atoms with Crippen LogP contribution in [0.1, 0.15) is 18.4 Å². The summed E-state index contributed by atoms with van der Waals surface area (Å²) in [6.45, 7) is 3.49. The largest absolute Gasteiger partial charge is 0.323 e. The van der Waals surface area contributed by atoms with Crippen LogP contribution in [-0.2, 0) is 6.42 Å². The zero-order chi connectivity index (χ0) is 17.3. The fourth-order valence-corrected chi connectivity index (χ4v) is 2.21. The van der Waals surface area contributed by atoms with E-state index in [4.69, 9.17) is 0 Å². The molecule has 8 nitrogen and oxygen atoms in total. The van der Waals surface area contributed by atoms with Gasteiger partial charge in [-0.1, -0.05) is 13.0 Å². The predicted octanol–water partition coefficient (Wildman–Crippen LogP) is 2.07. The monoisotopic (exact) mass is 330 g/mol. The third-order valence-electron chi connectivity index (χ3n) is 3.38. The van der Waals surface area contributed by atoms with Crippen molar-refractivity contribution in [3.05, 3.63) is 52.0 Å². The summed E-state index contributed by atoms with van der Waals surface area (Å²) in [7, 11) is 0. The van der Waals surface area contributed by atoms with Gasteiger partial charge in [0, 0.05) is 12.1 Å². The van der Waals surface area contributed by atoms with Crippen molar-refractivity contribution >= 4 is 23.2 Å². The van der Waals surface area contributed by atoms with E-state index >= 15 is 0 Å². The second-order valence-electron chi connectivity index (χ2n) is 5.13. The van der Waals surface area contributed by atoms with Gasteiger partial charge >= 0.3 is 6.03 Å². The molecule has 2 amide bonds. The molecule has 0 saturated carbocycles. The van der Waals surface area contributed by atoms with Gasteiger partial charge in [0.2, 0.25) is 0 Å². The standard InChI is InChI=1S/C15H15FN6O2/c1-3-11-19-14-17-8(2)12(13(23)22(14)21-11)20-15(24)18-10-6-4-5-9(16)7-10/h4-7H,3H2,1-2H3,(H,17,19,21)(H2,18,20,24). The number of hydrogen-bond acceptors (Lipinski definition) is 4. The lowest BCUT2D eigenvalue weighted by atomic mass is 10.3. The molecule has 0 aliphatic rings. The van der Waals surface area contributed by atoms with Crippen LogP contribution < -0.4 is 16.2 Å². The highest BCUT2D eigenvalue weighted by atomic mass is 19.1. The second-order valence-corrected chi connectivity index (χ2v) is 5.13. The summed E-state index contributed by atoms with van der Waals surface area (Å²) in [5.41, 5.74) is 0.157. The summed E-state index contributed by atoms with van der Waals surface area (Å²) in [6.07, 6.45) is 0.616. The molecular formula is C15H15FN6O2. The number of carbonyl (C=O) groups excluding carboxylic acids is 1. The molecule has 1 aromatic carbocycles. The van der Waals surface area contributed by atoms with Gasteiger partial charge in [-0.15, -0.1) is 0 Å². The van der Waals surface area contributed by atoms with E-state index in [9.17, 15) is 14.0 Å². The zero-order valence-corrected chi connectivity index (χ0v) is 13.1. The van der Waals surface area contributed by atoms with Gasteiger partial charge < -0.3 is 10.6 Å². The van der Waals surface area contributed by atoms with E-state index in [1.54, 1.807) is 6.92 Å². The maximum Gasteiger partial charge on any atom is 0.323 e. The maximum absolute atomic E-state index is 13.1. The van der Waals surface area contributed by atoms with Gasteiger partial charge in [0.15, 0.2) is 0 Å². The van der Waals surface area contributed by atoms with Crippen LogP contribution in [0.15, 0.2) is 29.1 Å². The highest BCUT2D eigenvalue weighted by molar-refractivity contribution is 5.99. The van der Waals surface area contributed by atoms with Gasteiger partial charge in [0.25, 0.3) is 11.3 Å². The molecule has 0 aliphatic heterocycles. The molecular weight excluding hydrogens is 315 g/mol. The van der Waals surface area contributed by atoms with E-state index in [-0.39, 0.29) is 17.2 Å². The molecule has 0 saturated heterocycles. The van der Waals surface area contributed by atoms with Crippen LogP contribution in [-0.4, -0.2) is 25.6 Å². The molecule has 0 bridgehead atoms. The van der Waals surface area contributed by atoms with E-state index in [0.29, 0.717) is 17.9 Å². The Morgan fingerprint density at radius 3 is 2.83 bits per heavy atom. The lowest BCUT2D eigenvalue weighted by molar-refractivity contribution is 0.262. The van der Waals surface area contributed by atoms with Crippen LogP contribution >= 0.6 is 0 Å². The molecule has 3 N–H and O–H groups in total. The van der Waals surface area contributed by atoms with Crippen molar-refractivity contribution in [3.63, 3.8) is 0 Å². The average molecular weight is 330 g/mol. The lowest BCUT2D eigenvalue weighted by Crippen LogP contribution is -2.28. The van der Waals surface area contributed by atoms with Crippen molar-refractivity contribution < 1.29 is 9.18 Å². The number of urea groups is 1. The third kappa shape index (κ3) is 2.96. The SMILES string of the molecule is CCc1nc2nc(C)c(NC(=O)Nc3cccc(F)c3)c(=O)n2[nH]1. The Bertz CT molecular complexity index is 978. The highest BCUT2D eigenvalue weighted by Crippen LogP contribution is 2.11. The normalized spacial score (nSPS) is 10.8. The van der Waals surface area contributed by atoms with Gasteiger partial charge in [-0.2, -0.15) is 9.50 Å². The number of fused-ring (bicyclic) bond motifs is 1. The number of benzene rings is 1. The minimum Gasteiger partial charge on any atom is -0.308 e. The van der Waals surface area contributed by atoms with E-state index in [2.05, 4.69) is 25.7 Å². The molecule has 3 rings (SSSR count). The number of nitrogens with one attached hydrogen (secondary N) is 3. The summed E-state index contributed by atoms with van der Waals surface area (Å²) in [5, 5.41) is 7.73. The number of aryl methyl sites for hydroxylation is 2. The number of aromatic amines is 1. The minimum atomic E-state index is -0.669. The molecule has 3 aromatic rings. The first kappa shape index (κ1) is 15.7. The number of aromatic nitrogens is 4. The van der Waals surface area contributed by atoms with Crippen molar-refractivity contribution in [3.8, 4) is 0 Å². The Labute approximate surface area is 135 Å². The van der Waals surface area contributed by atoms with Crippen molar-refractivity contribution in [2.24, 2.45) is 0 Å². The molecule has 0 unspecified atom stereocenters. The maximum atomic E-state index is 13.1. The number of rotatable bonds is 3.